The summed E-state index contributed by atoms with van der Waals surface area (Å²) in [5.41, 5.74) is 3.67. The van der Waals surface area contributed by atoms with Crippen LogP contribution in [-0.2, 0) is 4.79 Å². The molecule has 1 saturated heterocycles. The summed E-state index contributed by atoms with van der Waals surface area (Å²) in [5, 5.41) is 0. The van der Waals surface area contributed by atoms with Crippen molar-refractivity contribution in [3.63, 3.8) is 0 Å². The maximum atomic E-state index is 11.2. The molecule has 0 aromatic rings. The van der Waals surface area contributed by atoms with Gasteiger partial charge in [0.15, 0.2) is 0 Å². The van der Waals surface area contributed by atoms with Gasteiger partial charge in [-0.2, -0.15) is 0 Å². The van der Waals surface area contributed by atoms with Gasteiger partial charge in [-0.05, 0) is 19.8 Å². The summed E-state index contributed by atoms with van der Waals surface area (Å²) in [4.78, 5) is 20.9. The topological polar surface area (TPSA) is 30.0 Å². The lowest BCUT2D eigenvalue weighted by Crippen LogP contribution is -2.47. The van der Waals surface area contributed by atoms with Crippen molar-refractivity contribution in [2.24, 2.45) is 5.92 Å². The van der Waals surface area contributed by atoms with E-state index in [-0.39, 0.29) is 0 Å². The van der Waals surface area contributed by atoms with E-state index in [1.165, 1.54) is 16.7 Å². The van der Waals surface area contributed by atoms with Crippen LogP contribution >= 0.6 is 0 Å². The van der Waals surface area contributed by atoms with Crippen molar-refractivity contribution in [3.8, 4) is 0 Å². The number of rotatable bonds is 9. The van der Waals surface area contributed by atoms with E-state index in [9.17, 15) is 4.79 Å². The van der Waals surface area contributed by atoms with Gasteiger partial charge in [-0.15, -0.1) is 0 Å². The zero-order valence-electron chi connectivity index (χ0n) is 19.5. The molecule has 0 unspecified atom stereocenters. The van der Waals surface area contributed by atoms with E-state index >= 15 is 0 Å². The zero-order valence-corrected chi connectivity index (χ0v) is 19.5. The number of aldehydes is 1. The van der Waals surface area contributed by atoms with E-state index in [1.807, 2.05) is 0 Å². The second kappa shape index (κ2) is 13.9. The molecule has 1 rings (SSSR count). The number of carbonyl (C=O) groups excluding carboxylic acids is 1. The summed E-state index contributed by atoms with van der Waals surface area (Å²) < 4.78 is 0. The smallest absolute Gasteiger partial charge is 0.133 e. The van der Waals surface area contributed by atoms with E-state index in [0.29, 0.717) is 12.5 Å². The highest BCUT2D eigenvalue weighted by Gasteiger charge is 2.17. The molecule has 0 amide bonds. The monoisotopic (exact) mass is 404 g/mol. The number of hydrogen-bond acceptors (Lipinski definition) is 5. The van der Waals surface area contributed by atoms with E-state index in [0.717, 1.165) is 78.3 Å². The number of hydrogen-bond donors (Lipinski definition) is 0. The molecular formula is C24H44N4O. The van der Waals surface area contributed by atoms with Crippen LogP contribution in [0, 0.1) is 5.92 Å². The third-order valence-electron chi connectivity index (χ3n) is 5.49. The summed E-state index contributed by atoms with van der Waals surface area (Å²) in [5.74, 6) is 0.490. The second-order valence-electron chi connectivity index (χ2n) is 9.02. The Kier molecular flexibility index (Phi) is 12.3. The van der Waals surface area contributed by atoms with Crippen LogP contribution in [0.3, 0.4) is 0 Å². The molecule has 0 atom stereocenters. The molecule has 0 aromatic heterocycles. The van der Waals surface area contributed by atoms with Gasteiger partial charge in [0.25, 0.3) is 0 Å². The molecule has 5 nitrogen and oxygen atoms in total. The fraction of sp³-hybridized carbons (Fsp3) is 0.708. The highest BCUT2D eigenvalue weighted by molar-refractivity contribution is 5.51. The Bertz CT molecular complexity index is 543. The standard InChI is InChI=1S/C24H44N4O/c1-21(2)18-26-10-8-25(16-17-29)9-11-28(20-24(7)23(5)6)15-14-27(13-12-26)19-22(3)4/h17,23H,1,3,7-16,18-20H2,2,4-6H3. The summed E-state index contributed by atoms with van der Waals surface area (Å²) in [6.07, 6.45) is 1.03. The van der Waals surface area contributed by atoms with Crippen LogP contribution in [0.1, 0.15) is 27.7 Å². The van der Waals surface area contributed by atoms with Gasteiger partial charge in [0.1, 0.15) is 6.29 Å². The van der Waals surface area contributed by atoms with E-state index in [4.69, 9.17) is 0 Å². The molecule has 0 radical (unpaired) electrons. The zero-order chi connectivity index (χ0) is 21.8. The maximum absolute atomic E-state index is 11.2. The average Bonchev–Trinajstić information content (AvgIpc) is 2.62. The molecule has 0 aliphatic carbocycles. The Hall–Kier alpha value is -1.27. The van der Waals surface area contributed by atoms with Gasteiger partial charge in [-0.1, -0.05) is 50.3 Å². The van der Waals surface area contributed by atoms with E-state index in [1.54, 1.807) is 0 Å². The fourth-order valence-corrected chi connectivity index (χ4v) is 3.57. The summed E-state index contributed by atoms with van der Waals surface area (Å²) >= 11 is 0. The van der Waals surface area contributed by atoms with Crippen LogP contribution in [0.15, 0.2) is 36.5 Å². The van der Waals surface area contributed by atoms with Crippen molar-refractivity contribution in [2.75, 3.05) is 78.5 Å². The fourth-order valence-electron chi connectivity index (χ4n) is 3.57. The molecule has 1 heterocycles. The van der Waals surface area contributed by atoms with Crippen molar-refractivity contribution >= 4 is 6.29 Å². The lowest BCUT2D eigenvalue weighted by Gasteiger charge is -2.34. The van der Waals surface area contributed by atoms with Gasteiger partial charge in [-0.3, -0.25) is 19.6 Å². The molecule has 29 heavy (non-hydrogen) atoms. The predicted octanol–water partition coefficient (Wildman–Crippen LogP) is 2.77. The first kappa shape index (κ1) is 25.8. The molecule has 0 bridgehead atoms. The van der Waals surface area contributed by atoms with E-state index < -0.39 is 0 Å². The van der Waals surface area contributed by atoms with Crippen molar-refractivity contribution in [2.45, 2.75) is 27.7 Å². The number of nitrogens with zero attached hydrogens (tertiary/aromatic N) is 4. The molecule has 1 aliphatic rings. The summed E-state index contributed by atoms with van der Waals surface area (Å²) in [6, 6.07) is 0. The van der Waals surface area contributed by atoms with Crippen LogP contribution in [0.5, 0.6) is 0 Å². The Labute approximate surface area is 179 Å². The number of carbonyl (C=O) groups is 1. The molecule has 1 fully saturated rings. The van der Waals surface area contributed by atoms with Crippen LogP contribution in [0.4, 0.5) is 0 Å². The van der Waals surface area contributed by atoms with Crippen molar-refractivity contribution in [1.82, 2.24) is 19.6 Å². The largest absolute Gasteiger partial charge is 0.302 e. The third-order valence-corrected chi connectivity index (χ3v) is 5.49. The van der Waals surface area contributed by atoms with Crippen LogP contribution < -0.4 is 0 Å². The lowest BCUT2D eigenvalue weighted by molar-refractivity contribution is -0.109. The molecule has 0 spiro atoms. The average molecular weight is 405 g/mol. The van der Waals surface area contributed by atoms with Crippen molar-refractivity contribution in [3.05, 3.63) is 36.5 Å². The molecule has 0 N–H and O–H groups in total. The Morgan fingerprint density at radius 2 is 1.07 bits per heavy atom. The molecule has 1 aliphatic heterocycles. The minimum atomic E-state index is 0.490. The Morgan fingerprint density at radius 1 is 0.724 bits per heavy atom. The Balaban J connectivity index is 2.91. The SMILES string of the molecule is C=C(C)CN1CCN(CC=O)CCN(CC(=C)C(C)C)CCN(CC(=C)C)CC1. The third kappa shape index (κ3) is 11.5. The molecular weight excluding hydrogens is 360 g/mol. The van der Waals surface area contributed by atoms with Crippen molar-refractivity contribution in [1.29, 1.82) is 0 Å². The molecule has 0 saturated carbocycles. The van der Waals surface area contributed by atoms with Crippen LogP contribution in [-0.4, -0.2) is 104 Å². The first-order valence-electron chi connectivity index (χ1n) is 11.0. The molecule has 5 heteroatoms. The highest BCUT2D eigenvalue weighted by atomic mass is 16.1. The normalized spacial score (nSPS) is 19.5. The molecule has 166 valence electrons. The van der Waals surface area contributed by atoms with Gasteiger partial charge >= 0.3 is 0 Å². The van der Waals surface area contributed by atoms with Gasteiger partial charge in [0.05, 0.1) is 6.54 Å². The Morgan fingerprint density at radius 3 is 1.38 bits per heavy atom. The van der Waals surface area contributed by atoms with Gasteiger partial charge in [0.2, 0.25) is 0 Å². The summed E-state index contributed by atoms with van der Waals surface area (Å²) in [6.45, 7) is 32.2. The van der Waals surface area contributed by atoms with E-state index in [2.05, 4.69) is 67.0 Å². The highest BCUT2D eigenvalue weighted by Crippen LogP contribution is 2.10. The minimum absolute atomic E-state index is 0.490. The van der Waals surface area contributed by atoms with Gasteiger partial charge in [0, 0.05) is 72.0 Å². The van der Waals surface area contributed by atoms with Crippen LogP contribution in [0.2, 0.25) is 0 Å². The van der Waals surface area contributed by atoms with Crippen molar-refractivity contribution < 1.29 is 4.79 Å². The first-order chi connectivity index (χ1) is 13.7. The van der Waals surface area contributed by atoms with Crippen LogP contribution in [0.25, 0.3) is 0 Å². The first-order valence-corrected chi connectivity index (χ1v) is 11.0. The van der Waals surface area contributed by atoms with Gasteiger partial charge in [-0.25, -0.2) is 0 Å². The maximum Gasteiger partial charge on any atom is 0.133 e. The second-order valence-corrected chi connectivity index (χ2v) is 9.02. The molecule has 0 aromatic carbocycles. The summed E-state index contributed by atoms with van der Waals surface area (Å²) in [7, 11) is 0. The quantitative estimate of drug-likeness (QED) is 0.436. The predicted molar refractivity (Wildman–Crippen MR) is 125 cm³/mol. The lowest BCUT2D eigenvalue weighted by atomic mass is 10.1. The minimum Gasteiger partial charge on any atom is -0.302 e. The van der Waals surface area contributed by atoms with Gasteiger partial charge < -0.3 is 4.79 Å².